The van der Waals surface area contributed by atoms with Gasteiger partial charge in [-0.25, -0.2) is 0 Å². The molecule has 0 atom stereocenters. The van der Waals surface area contributed by atoms with Gasteiger partial charge in [-0.05, 0) is 38.1 Å². The number of nitrogens with zero attached hydrogens (tertiary/aromatic N) is 3. The second kappa shape index (κ2) is 8.60. The molecule has 1 amide bonds. The molecule has 3 rings (SSSR count). The van der Waals surface area contributed by atoms with Crippen LogP contribution in [0.15, 0.2) is 46.9 Å². The van der Waals surface area contributed by atoms with Crippen LogP contribution < -0.4 is 9.64 Å². The molecule has 1 saturated heterocycles. The highest BCUT2D eigenvalue weighted by atomic mass is 79.9. The second-order valence-corrected chi connectivity index (χ2v) is 7.75. The van der Waals surface area contributed by atoms with Gasteiger partial charge in [0.1, 0.15) is 11.4 Å². The summed E-state index contributed by atoms with van der Waals surface area (Å²) in [5.74, 6) is 0.459. The Bertz CT molecular complexity index is 880. The number of nitro groups is 1. The van der Waals surface area contributed by atoms with Gasteiger partial charge in [-0.1, -0.05) is 28.1 Å². The van der Waals surface area contributed by atoms with Crippen molar-refractivity contribution in [1.29, 1.82) is 0 Å². The van der Waals surface area contributed by atoms with Gasteiger partial charge in [0.05, 0.1) is 16.6 Å². The van der Waals surface area contributed by atoms with E-state index in [-0.39, 0.29) is 22.6 Å². The van der Waals surface area contributed by atoms with E-state index in [4.69, 9.17) is 4.74 Å². The fourth-order valence-corrected chi connectivity index (χ4v) is 3.57. The lowest BCUT2D eigenvalue weighted by Gasteiger charge is -2.36. The highest BCUT2D eigenvalue weighted by molar-refractivity contribution is 9.10. The van der Waals surface area contributed by atoms with Crippen LogP contribution in [0.3, 0.4) is 0 Å². The summed E-state index contributed by atoms with van der Waals surface area (Å²) in [7, 11) is 0. The first-order chi connectivity index (χ1) is 13.4. The Morgan fingerprint density at radius 2 is 1.82 bits per heavy atom. The number of para-hydroxylation sites is 2. The van der Waals surface area contributed by atoms with Gasteiger partial charge in [-0.3, -0.25) is 14.9 Å². The Labute approximate surface area is 172 Å². The number of ether oxygens (including phenoxy) is 1. The van der Waals surface area contributed by atoms with Crippen LogP contribution in [0, 0.1) is 10.1 Å². The van der Waals surface area contributed by atoms with Gasteiger partial charge >= 0.3 is 0 Å². The number of piperazine rings is 1. The first kappa shape index (κ1) is 20.1. The van der Waals surface area contributed by atoms with E-state index in [0.717, 1.165) is 4.47 Å². The predicted octanol–water partition coefficient (Wildman–Crippen LogP) is 4.11. The molecule has 1 heterocycles. The van der Waals surface area contributed by atoms with E-state index in [9.17, 15) is 14.9 Å². The summed E-state index contributed by atoms with van der Waals surface area (Å²) in [4.78, 5) is 27.7. The van der Waals surface area contributed by atoms with Gasteiger partial charge < -0.3 is 14.5 Å². The van der Waals surface area contributed by atoms with Crippen LogP contribution in [-0.4, -0.2) is 48.0 Å². The SMILES string of the molecule is CC(C)Oc1cc(Br)ccc1C(=O)N1CCN(c2ccccc2[N+](=O)[O-])CC1. The van der Waals surface area contributed by atoms with Crippen LogP contribution in [0.1, 0.15) is 24.2 Å². The first-order valence-electron chi connectivity index (χ1n) is 9.10. The summed E-state index contributed by atoms with van der Waals surface area (Å²) in [6, 6.07) is 12.1. The number of halogens is 1. The molecular weight excluding hydrogens is 426 g/mol. The van der Waals surface area contributed by atoms with E-state index < -0.39 is 0 Å². The van der Waals surface area contributed by atoms with Crippen LogP contribution in [0.5, 0.6) is 5.75 Å². The Kier molecular flexibility index (Phi) is 6.18. The number of hydrogen-bond acceptors (Lipinski definition) is 5. The molecule has 0 aromatic heterocycles. The number of benzene rings is 2. The fourth-order valence-electron chi connectivity index (χ4n) is 3.23. The molecular formula is C20H22BrN3O4. The van der Waals surface area contributed by atoms with Gasteiger partial charge in [0.2, 0.25) is 0 Å². The lowest BCUT2D eigenvalue weighted by molar-refractivity contribution is -0.384. The van der Waals surface area contributed by atoms with Gasteiger partial charge in [0.15, 0.2) is 0 Å². The second-order valence-electron chi connectivity index (χ2n) is 6.83. The third-order valence-corrected chi connectivity index (χ3v) is 5.02. The average molecular weight is 448 g/mol. The minimum atomic E-state index is -0.371. The van der Waals surface area contributed by atoms with Crippen LogP contribution in [0.2, 0.25) is 0 Å². The summed E-state index contributed by atoms with van der Waals surface area (Å²) in [5.41, 5.74) is 1.20. The third kappa shape index (κ3) is 4.44. The van der Waals surface area contributed by atoms with E-state index in [1.54, 1.807) is 35.2 Å². The van der Waals surface area contributed by atoms with E-state index in [1.807, 2.05) is 24.8 Å². The number of hydrogen-bond donors (Lipinski definition) is 0. The Morgan fingerprint density at radius 3 is 2.46 bits per heavy atom. The summed E-state index contributed by atoms with van der Waals surface area (Å²) in [5, 5.41) is 11.3. The summed E-state index contributed by atoms with van der Waals surface area (Å²) in [6.45, 7) is 5.88. The number of rotatable bonds is 5. The average Bonchev–Trinajstić information content (AvgIpc) is 2.67. The van der Waals surface area contributed by atoms with Crippen molar-refractivity contribution in [3.05, 3.63) is 62.6 Å². The van der Waals surface area contributed by atoms with Crippen molar-refractivity contribution in [3.63, 3.8) is 0 Å². The maximum absolute atomic E-state index is 13.0. The fraction of sp³-hybridized carbons (Fsp3) is 0.350. The molecule has 0 unspecified atom stereocenters. The van der Waals surface area contributed by atoms with E-state index in [2.05, 4.69) is 15.9 Å². The van der Waals surface area contributed by atoms with Crippen LogP contribution in [-0.2, 0) is 0 Å². The van der Waals surface area contributed by atoms with Crippen molar-refractivity contribution < 1.29 is 14.5 Å². The molecule has 1 aliphatic rings. The number of carbonyl (C=O) groups is 1. The molecule has 1 aliphatic heterocycles. The smallest absolute Gasteiger partial charge is 0.292 e. The van der Waals surface area contributed by atoms with E-state index in [1.165, 1.54) is 6.07 Å². The van der Waals surface area contributed by atoms with Gasteiger partial charge in [-0.2, -0.15) is 0 Å². The quantitative estimate of drug-likeness (QED) is 0.509. The maximum Gasteiger partial charge on any atom is 0.292 e. The minimum Gasteiger partial charge on any atom is -0.490 e. The lowest BCUT2D eigenvalue weighted by Crippen LogP contribution is -2.49. The molecule has 0 bridgehead atoms. The third-order valence-electron chi connectivity index (χ3n) is 4.52. The largest absolute Gasteiger partial charge is 0.490 e. The maximum atomic E-state index is 13.0. The molecule has 0 N–H and O–H groups in total. The molecule has 1 fully saturated rings. The Hall–Kier alpha value is -2.61. The summed E-state index contributed by atoms with van der Waals surface area (Å²) < 4.78 is 6.66. The molecule has 7 nitrogen and oxygen atoms in total. The molecule has 2 aromatic carbocycles. The Balaban J connectivity index is 1.74. The zero-order valence-corrected chi connectivity index (χ0v) is 17.4. The van der Waals surface area contributed by atoms with Gasteiger partial charge in [-0.15, -0.1) is 0 Å². The minimum absolute atomic E-state index is 0.0451. The van der Waals surface area contributed by atoms with Crippen molar-refractivity contribution in [2.45, 2.75) is 20.0 Å². The van der Waals surface area contributed by atoms with Crippen LogP contribution >= 0.6 is 15.9 Å². The molecule has 28 heavy (non-hydrogen) atoms. The number of amides is 1. The van der Waals surface area contributed by atoms with E-state index in [0.29, 0.717) is 43.2 Å². The highest BCUT2D eigenvalue weighted by Crippen LogP contribution is 2.30. The van der Waals surface area contributed by atoms with Crippen molar-refractivity contribution in [2.24, 2.45) is 0 Å². The normalized spacial score (nSPS) is 14.3. The molecule has 0 saturated carbocycles. The van der Waals surface area contributed by atoms with Gasteiger partial charge in [0.25, 0.3) is 11.6 Å². The number of carbonyl (C=O) groups excluding carboxylic acids is 1. The van der Waals surface area contributed by atoms with E-state index >= 15 is 0 Å². The van der Waals surface area contributed by atoms with Crippen molar-refractivity contribution >= 4 is 33.2 Å². The monoisotopic (exact) mass is 447 g/mol. The molecule has 8 heteroatoms. The molecule has 148 valence electrons. The zero-order chi connectivity index (χ0) is 20.3. The van der Waals surface area contributed by atoms with Crippen molar-refractivity contribution in [1.82, 2.24) is 4.90 Å². The standard InChI is InChI=1S/C20H22BrN3O4/c1-14(2)28-19-13-15(21)7-8-16(19)20(25)23-11-9-22(10-12-23)17-5-3-4-6-18(17)24(26)27/h3-8,13-14H,9-12H2,1-2H3. The lowest BCUT2D eigenvalue weighted by atomic mass is 10.1. The highest BCUT2D eigenvalue weighted by Gasteiger charge is 2.27. The summed E-state index contributed by atoms with van der Waals surface area (Å²) >= 11 is 3.42. The van der Waals surface area contributed by atoms with Crippen LogP contribution in [0.4, 0.5) is 11.4 Å². The van der Waals surface area contributed by atoms with Crippen molar-refractivity contribution in [2.75, 3.05) is 31.1 Å². The topological polar surface area (TPSA) is 75.9 Å². The molecule has 0 spiro atoms. The molecule has 0 radical (unpaired) electrons. The summed E-state index contributed by atoms with van der Waals surface area (Å²) in [6.07, 6.45) is -0.0451. The molecule has 2 aromatic rings. The zero-order valence-electron chi connectivity index (χ0n) is 15.8. The number of anilines is 1. The molecule has 0 aliphatic carbocycles. The van der Waals surface area contributed by atoms with Crippen LogP contribution in [0.25, 0.3) is 0 Å². The van der Waals surface area contributed by atoms with Gasteiger partial charge in [0, 0.05) is 36.7 Å². The first-order valence-corrected chi connectivity index (χ1v) is 9.90. The Morgan fingerprint density at radius 1 is 1.14 bits per heavy atom. The predicted molar refractivity (Wildman–Crippen MR) is 111 cm³/mol. The van der Waals surface area contributed by atoms with Crippen molar-refractivity contribution in [3.8, 4) is 5.75 Å². The number of nitro benzene ring substituents is 1.